The summed E-state index contributed by atoms with van der Waals surface area (Å²) in [6.45, 7) is 0. The molecule has 0 N–H and O–H groups in total. The average molecular weight is 472 g/mol. The number of methoxy groups -OCH3 is 1. The predicted octanol–water partition coefficient (Wildman–Crippen LogP) is 4.05. The maximum atomic E-state index is 12.8. The van der Waals surface area contributed by atoms with E-state index in [-0.39, 0.29) is 11.2 Å². The van der Waals surface area contributed by atoms with Gasteiger partial charge in [0.05, 0.1) is 12.0 Å². The van der Waals surface area contributed by atoms with E-state index in [9.17, 15) is 14.9 Å². The molecule has 0 unspecified atom stereocenters. The molecule has 3 aromatic heterocycles. The molecule has 0 spiro atoms. The number of nitrogens with zero attached hydrogens (tertiary/aromatic N) is 4. The number of hydrogen-bond donors (Lipinski definition) is 0. The average Bonchev–Trinajstić information content (AvgIpc) is 3.55. The smallest absolute Gasteiger partial charge is 0.291 e. The Kier molecular flexibility index (Phi) is 5.48. The Morgan fingerprint density at radius 2 is 1.94 bits per heavy atom. The number of nitro benzene ring substituents is 1. The lowest BCUT2D eigenvalue weighted by atomic mass is 10.1. The highest BCUT2D eigenvalue weighted by Crippen LogP contribution is 2.26. The Labute approximate surface area is 196 Å². The van der Waals surface area contributed by atoms with Crippen LogP contribution >= 0.6 is 11.3 Å². The molecular formula is C24H16N4O5S. The van der Waals surface area contributed by atoms with E-state index in [4.69, 9.17) is 9.15 Å². The van der Waals surface area contributed by atoms with Crippen molar-refractivity contribution in [3.8, 4) is 17.1 Å². The zero-order valence-electron chi connectivity index (χ0n) is 17.7. The van der Waals surface area contributed by atoms with Gasteiger partial charge in [0.15, 0.2) is 5.82 Å². The maximum absolute atomic E-state index is 12.8. The van der Waals surface area contributed by atoms with Crippen LogP contribution in [0.5, 0.6) is 5.75 Å². The van der Waals surface area contributed by atoms with Crippen molar-refractivity contribution in [2.75, 3.05) is 7.11 Å². The minimum atomic E-state index is -0.460. The summed E-state index contributed by atoms with van der Waals surface area (Å²) in [6, 6.07) is 17.1. The molecule has 0 atom stereocenters. The number of hydrogen-bond acceptors (Lipinski definition) is 8. The highest BCUT2D eigenvalue weighted by molar-refractivity contribution is 7.15. The highest BCUT2D eigenvalue weighted by Gasteiger charge is 2.12. The fourth-order valence-electron chi connectivity index (χ4n) is 3.29. The van der Waals surface area contributed by atoms with E-state index >= 15 is 0 Å². The summed E-state index contributed by atoms with van der Waals surface area (Å²) >= 11 is 1.20. The highest BCUT2D eigenvalue weighted by atomic mass is 32.1. The van der Waals surface area contributed by atoms with Crippen LogP contribution < -0.4 is 14.8 Å². The number of furan rings is 1. The van der Waals surface area contributed by atoms with Gasteiger partial charge in [-0.1, -0.05) is 41.7 Å². The quantitative estimate of drug-likeness (QED) is 0.271. The van der Waals surface area contributed by atoms with E-state index in [0.717, 1.165) is 11.3 Å². The molecule has 0 amide bonds. The number of thiazole rings is 1. The van der Waals surface area contributed by atoms with E-state index < -0.39 is 4.92 Å². The summed E-state index contributed by atoms with van der Waals surface area (Å²) in [5, 5.41) is 15.3. The lowest BCUT2D eigenvalue weighted by molar-refractivity contribution is -0.384. The molecule has 5 aromatic rings. The second-order valence-corrected chi connectivity index (χ2v) is 8.21. The van der Waals surface area contributed by atoms with Gasteiger partial charge in [0, 0.05) is 23.8 Å². The molecule has 168 valence electrons. The van der Waals surface area contributed by atoms with Crippen LogP contribution in [-0.4, -0.2) is 26.6 Å². The largest absolute Gasteiger partial charge is 0.497 e. The maximum Gasteiger partial charge on any atom is 0.291 e. The van der Waals surface area contributed by atoms with Gasteiger partial charge in [-0.25, -0.2) is 0 Å². The van der Waals surface area contributed by atoms with Gasteiger partial charge in [-0.2, -0.15) is 9.50 Å². The van der Waals surface area contributed by atoms with Crippen LogP contribution in [0.25, 0.3) is 34.5 Å². The van der Waals surface area contributed by atoms with Crippen molar-refractivity contribution in [3.05, 3.63) is 103 Å². The van der Waals surface area contributed by atoms with Gasteiger partial charge in [0.2, 0.25) is 4.96 Å². The fourth-order valence-corrected chi connectivity index (χ4v) is 4.19. The molecule has 2 aromatic carbocycles. The summed E-state index contributed by atoms with van der Waals surface area (Å²) < 4.78 is 12.6. The van der Waals surface area contributed by atoms with Gasteiger partial charge >= 0.3 is 0 Å². The summed E-state index contributed by atoms with van der Waals surface area (Å²) in [5.74, 6) is 2.11. The summed E-state index contributed by atoms with van der Waals surface area (Å²) in [4.78, 5) is 28.2. The van der Waals surface area contributed by atoms with Crippen molar-refractivity contribution in [2.45, 2.75) is 0 Å². The number of fused-ring (bicyclic) bond motifs is 1. The molecule has 5 rings (SSSR count). The van der Waals surface area contributed by atoms with Crippen LogP contribution in [0.1, 0.15) is 17.1 Å². The van der Waals surface area contributed by atoms with Crippen LogP contribution in [0.3, 0.4) is 0 Å². The Morgan fingerprint density at radius 1 is 1.12 bits per heavy atom. The number of nitro groups is 1. The number of rotatable bonds is 6. The van der Waals surface area contributed by atoms with Crippen molar-refractivity contribution in [2.24, 2.45) is 0 Å². The number of aromatic nitrogens is 3. The van der Waals surface area contributed by atoms with Crippen LogP contribution in [0, 0.1) is 10.1 Å². The van der Waals surface area contributed by atoms with Gasteiger partial charge in [-0.3, -0.25) is 14.9 Å². The standard InChI is InChI=1S/C24H16N4O5S/c1-32-18-8-5-15(6-9-18)7-12-22-25-24-27(26-22)23(29)21(34-24)14-19-10-11-20(33-19)16-3-2-4-17(13-16)28(30)31/h2-14H,1H3/b12-7+,21-14-. The van der Waals surface area contributed by atoms with Gasteiger partial charge in [-0.15, -0.1) is 5.10 Å². The lowest BCUT2D eigenvalue weighted by Crippen LogP contribution is -2.23. The van der Waals surface area contributed by atoms with E-state index in [1.165, 1.54) is 28.0 Å². The van der Waals surface area contributed by atoms with Crippen molar-refractivity contribution in [1.82, 2.24) is 14.6 Å². The third-order valence-electron chi connectivity index (χ3n) is 4.98. The molecule has 9 nitrogen and oxygen atoms in total. The molecule has 3 heterocycles. The number of benzene rings is 2. The van der Waals surface area contributed by atoms with E-state index in [1.54, 1.807) is 43.5 Å². The fraction of sp³-hybridized carbons (Fsp3) is 0.0417. The first kappa shape index (κ1) is 21.3. The molecule has 0 aliphatic rings. The Balaban J connectivity index is 1.40. The number of non-ortho nitro benzene ring substituents is 1. The first-order valence-electron chi connectivity index (χ1n) is 10.1. The summed E-state index contributed by atoms with van der Waals surface area (Å²) in [7, 11) is 1.61. The number of ether oxygens (including phenoxy) is 1. The summed E-state index contributed by atoms with van der Waals surface area (Å²) in [6.07, 6.45) is 5.20. The second-order valence-electron chi connectivity index (χ2n) is 7.20. The van der Waals surface area contributed by atoms with Crippen LogP contribution in [-0.2, 0) is 0 Å². The van der Waals surface area contributed by atoms with Crippen molar-refractivity contribution >= 4 is 40.2 Å². The SMILES string of the molecule is COc1ccc(/C=C/c2nc3s/c(=C\c4ccc(-c5cccc([N+](=O)[O-])c5)o4)c(=O)n3n2)cc1. The second kappa shape index (κ2) is 8.75. The van der Waals surface area contributed by atoms with E-state index in [1.807, 2.05) is 30.3 Å². The van der Waals surface area contributed by atoms with Gasteiger partial charge in [0.25, 0.3) is 11.2 Å². The molecule has 0 bridgehead atoms. The lowest BCUT2D eigenvalue weighted by Gasteiger charge is -1.98. The van der Waals surface area contributed by atoms with Crippen molar-refractivity contribution in [3.63, 3.8) is 0 Å². The Bertz CT molecular complexity index is 1650. The normalized spacial score (nSPS) is 12.1. The molecule has 0 aliphatic heterocycles. The molecule has 0 saturated carbocycles. The monoisotopic (exact) mass is 472 g/mol. The van der Waals surface area contributed by atoms with E-state index in [0.29, 0.717) is 32.4 Å². The van der Waals surface area contributed by atoms with Crippen molar-refractivity contribution in [1.29, 1.82) is 0 Å². The van der Waals surface area contributed by atoms with E-state index in [2.05, 4.69) is 10.1 Å². The molecule has 10 heteroatoms. The topological polar surface area (TPSA) is 113 Å². The third kappa shape index (κ3) is 4.21. The van der Waals surface area contributed by atoms with Crippen LogP contribution in [0.2, 0.25) is 0 Å². The van der Waals surface area contributed by atoms with Crippen molar-refractivity contribution < 1.29 is 14.1 Å². The first-order valence-corrected chi connectivity index (χ1v) is 10.9. The third-order valence-corrected chi connectivity index (χ3v) is 5.94. The Hall–Kier alpha value is -4.57. The molecular weight excluding hydrogens is 456 g/mol. The molecule has 0 radical (unpaired) electrons. The minimum absolute atomic E-state index is 0.0244. The summed E-state index contributed by atoms with van der Waals surface area (Å²) in [5.41, 5.74) is 1.20. The molecule has 0 saturated heterocycles. The zero-order valence-corrected chi connectivity index (χ0v) is 18.6. The van der Waals surface area contributed by atoms with Gasteiger partial charge in [0.1, 0.15) is 21.8 Å². The zero-order chi connectivity index (χ0) is 23.7. The predicted molar refractivity (Wildman–Crippen MR) is 129 cm³/mol. The van der Waals surface area contributed by atoms with Crippen LogP contribution in [0.15, 0.2) is 69.9 Å². The first-order chi connectivity index (χ1) is 16.5. The molecule has 0 fully saturated rings. The minimum Gasteiger partial charge on any atom is -0.497 e. The Morgan fingerprint density at radius 3 is 2.68 bits per heavy atom. The molecule has 34 heavy (non-hydrogen) atoms. The van der Waals surface area contributed by atoms with Crippen LogP contribution in [0.4, 0.5) is 5.69 Å². The van der Waals surface area contributed by atoms with Gasteiger partial charge < -0.3 is 9.15 Å². The van der Waals surface area contributed by atoms with Gasteiger partial charge in [-0.05, 0) is 35.9 Å². The molecule has 0 aliphatic carbocycles.